The number of pyridine rings is 1. The van der Waals surface area contributed by atoms with E-state index in [0.717, 1.165) is 28.6 Å². The fraction of sp³-hybridized carbons (Fsp3) is 0.312. The number of rotatable bonds is 6. The molecule has 2 rings (SSSR count). The summed E-state index contributed by atoms with van der Waals surface area (Å²) in [6.45, 7) is 0.632. The normalized spacial score (nSPS) is 10.1. The Kier molecular flexibility index (Phi) is 4.87. The minimum absolute atomic E-state index is 0.632. The summed E-state index contributed by atoms with van der Waals surface area (Å²) in [6, 6.07) is 9.78. The van der Waals surface area contributed by atoms with Crippen LogP contribution in [0.2, 0.25) is 0 Å². The molecule has 1 heterocycles. The highest BCUT2D eigenvalue weighted by Crippen LogP contribution is 2.31. The van der Waals surface area contributed by atoms with Crippen molar-refractivity contribution in [3.63, 3.8) is 0 Å². The minimum Gasteiger partial charge on any atom is -0.493 e. The predicted octanol–water partition coefficient (Wildman–Crippen LogP) is 2.78. The third kappa shape index (κ3) is 3.37. The maximum Gasteiger partial charge on any atom is 0.165 e. The summed E-state index contributed by atoms with van der Waals surface area (Å²) in [4.78, 5) is 6.35. The summed E-state index contributed by atoms with van der Waals surface area (Å²) >= 11 is 0. The predicted molar refractivity (Wildman–Crippen MR) is 85.4 cm³/mol. The molecule has 0 unspecified atom stereocenters. The largest absolute Gasteiger partial charge is 0.493 e. The van der Waals surface area contributed by atoms with E-state index >= 15 is 0 Å². The third-order valence-corrected chi connectivity index (χ3v) is 3.16. The summed E-state index contributed by atoms with van der Waals surface area (Å²) in [5.74, 6) is 2.39. The van der Waals surface area contributed by atoms with Gasteiger partial charge in [-0.1, -0.05) is 12.1 Å². The Bertz CT molecular complexity index is 600. The molecule has 1 aromatic heterocycles. The molecule has 0 radical (unpaired) electrons. The van der Waals surface area contributed by atoms with Crippen LogP contribution in [0.1, 0.15) is 5.56 Å². The first-order valence-corrected chi connectivity index (χ1v) is 6.73. The van der Waals surface area contributed by atoms with Gasteiger partial charge in [-0.15, -0.1) is 0 Å². The van der Waals surface area contributed by atoms with Crippen LogP contribution >= 0.6 is 0 Å². The van der Waals surface area contributed by atoms with Gasteiger partial charge in [-0.2, -0.15) is 0 Å². The van der Waals surface area contributed by atoms with Gasteiger partial charge >= 0.3 is 0 Å². The quantitative estimate of drug-likeness (QED) is 0.885. The lowest BCUT2D eigenvalue weighted by Gasteiger charge is -2.18. The van der Waals surface area contributed by atoms with E-state index in [2.05, 4.69) is 10.3 Å². The number of anilines is 2. The van der Waals surface area contributed by atoms with E-state index in [9.17, 15) is 0 Å². The van der Waals surface area contributed by atoms with Crippen LogP contribution in [0.4, 0.5) is 11.5 Å². The highest BCUT2D eigenvalue weighted by molar-refractivity contribution is 5.65. The first-order valence-electron chi connectivity index (χ1n) is 6.73. The van der Waals surface area contributed by atoms with Gasteiger partial charge in [0.1, 0.15) is 0 Å². The standard InChI is InChI=1S/C16H21N3O2/c1-19(2)16-13(8-6-10-17-16)18-11-12-7-5-9-14(20-3)15(12)21-4/h5-10,18H,11H2,1-4H3. The molecule has 0 amide bonds. The van der Waals surface area contributed by atoms with Gasteiger partial charge in [-0.05, 0) is 18.2 Å². The van der Waals surface area contributed by atoms with Gasteiger partial charge in [0, 0.05) is 32.4 Å². The average Bonchev–Trinajstić information content (AvgIpc) is 2.52. The van der Waals surface area contributed by atoms with E-state index in [0.29, 0.717) is 6.54 Å². The molecule has 5 heteroatoms. The Morgan fingerprint density at radius 2 is 1.90 bits per heavy atom. The van der Waals surface area contributed by atoms with Crippen molar-refractivity contribution in [2.75, 3.05) is 38.5 Å². The van der Waals surface area contributed by atoms with Crippen molar-refractivity contribution >= 4 is 11.5 Å². The number of ether oxygens (including phenoxy) is 2. The van der Waals surface area contributed by atoms with Crippen molar-refractivity contribution in [1.29, 1.82) is 0 Å². The molecule has 0 saturated carbocycles. The lowest BCUT2D eigenvalue weighted by molar-refractivity contribution is 0.352. The molecule has 5 nitrogen and oxygen atoms in total. The fourth-order valence-corrected chi connectivity index (χ4v) is 2.17. The molecule has 0 saturated heterocycles. The Labute approximate surface area is 125 Å². The maximum atomic E-state index is 5.44. The number of para-hydroxylation sites is 1. The monoisotopic (exact) mass is 287 g/mol. The van der Waals surface area contributed by atoms with Gasteiger partial charge in [-0.3, -0.25) is 0 Å². The van der Waals surface area contributed by atoms with E-state index in [-0.39, 0.29) is 0 Å². The van der Waals surface area contributed by atoms with E-state index in [1.807, 2.05) is 49.3 Å². The molecule has 2 aromatic rings. The molecule has 0 aliphatic rings. The first kappa shape index (κ1) is 15.0. The molecule has 1 aromatic carbocycles. The molecule has 0 aliphatic heterocycles. The number of aromatic nitrogens is 1. The number of nitrogens with one attached hydrogen (secondary N) is 1. The zero-order valence-electron chi connectivity index (χ0n) is 12.9. The third-order valence-electron chi connectivity index (χ3n) is 3.16. The lowest BCUT2D eigenvalue weighted by Crippen LogP contribution is -2.14. The van der Waals surface area contributed by atoms with E-state index in [1.54, 1.807) is 20.4 Å². The summed E-state index contributed by atoms with van der Waals surface area (Å²) in [7, 11) is 7.23. The zero-order valence-corrected chi connectivity index (χ0v) is 12.9. The maximum absolute atomic E-state index is 5.44. The Morgan fingerprint density at radius 1 is 1.10 bits per heavy atom. The molecule has 0 aliphatic carbocycles. The number of benzene rings is 1. The highest BCUT2D eigenvalue weighted by Gasteiger charge is 2.10. The first-order chi connectivity index (χ1) is 10.2. The Balaban J connectivity index is 2.21. The number of nitrogens with zero attached hydrogens (tertiary/aromatic N) is 2. The van der Waals surface area contributed by atoms with Gasteiger partial charge in [0.15, 0.2) is 17.3 Å². The van der Waals surface area contributed by atoms with Crippen LogP contribution in [0.5, 0.6) is 11.5 Å². The van der Waals surface area contributed by atoms with Crippen LogP contribution < -0.4 is 19.7 Å². The summed E-state index contributed by atoms with van der Waals surface area (Å²) < 4.78 is 10.8. The van der Waals surface area contributed by atoms with Crippen molar-refractivity contribution in [2.45, 2.75) is 6.54 Å². The minimum atomic E-state index is 0.632. The van der Waals surface area contributed by atoms with Crippen LogP contribution in [0.15, 0.2) is 36.5 Å². The van der Waals surface area contributed by atoms with E-state index in [1.165, 1.54) is 0 Å². The molecule has 0 fully saturated rings. The molecular weight excluding hydrogens is 266 g/mol. The topological polar surface area (TPSA) is 46.6 Å². The fourth-order valence-electron chi connectivity index (χ4n) is 2.17. The van der Waals surface area contributed by atoms with Crippen molar-refractivity contribution in [3.05, 3.63) is 42.1 Å². The number of hydrogen-bond donors (Lipinski definition) is 1. The second-order valence-corrected chi connectivity index (χ2v) is 4.78. The van der Waals surface area contributed by atoms with Crippen LogP contribution in [-0.4, -0.2) is 33.3 Å². The van der Waals surface area contributed by atoms with Crippen molar-refractivity contribution < 1.29 is 9.47 Å². The smallest absolute Gasteiger partial charge is 0.165 e. The van der Waals surface area contributed by atoms with Crippen LogP contribution in [0.3, 0.4) is 0 Å². The van der Waals surface area contributed by atoms with Gasteiger partial charge in [-0.25, -0.2) is 4.98 Å². The molecule has 0 bridgehead atoms. The van der Waals surface area contributed by atoms with Crippen LogP contribution in [0, 0.1) is 0 Å². The van der Waals surface area contributed by atoms with Gasteiger partial charge < -0.3 is 19.7 Å². The summed E-state index contributed by atoms with van der Waals surface area (Å²) in [5.41, 5.74) is 2.01. The van der Waals surface area contributed by atoms with Crippen LogP contribution in [-0.2, 0) is 6.54 Å². The zero-order chi connectivity index (χ0) is 15.2. The summed E-state index contributed by atoms with van der Waals surface area (Å²) in [6.07, 6.45) is 1.78. The van der Waals surface area contributed by atoms with Gasteiger partial charge in [0.2, 0.25) is 0 Å². The van der Waals surface area contributed by atoms with E-state index in [4.69, 9.17) is 9.47 Å². The molecule has 0 spiro atoms. The molecule has 1 N–H and O–H groups in total. The molecule has 0 atom stereocenters. The Hall–Kier alpha value is -2.43. The molecular formula is C16H21N3O2. The molecule has 21 heavy (non-hydrogen) atoms. The molecule has 112 valence electrons. The second kappa shape index (κ2) is 6.83. The SMILES string of the molecule is COc1cccc(CNc2cccnc2N(C)C)c1OC. The van der Waals surface area contributed by atoms with Crippen molar-refractivity contribution in [1.82, 2.24) is 4.98 Å². The van der Waals surface area contributed by atoms with Crippen LogP contribution in [0.25, 0.3) is 0 Å². The van der Waals surface area contributed by atoms with Gasteiger partial charge in [0.25, 0.3) is 0 Å². The Morgan fingerprint density at radius 3 is 2.57 bits per heavy atom. The van der Waals surface area contributed by atoms with Crippen molar-refractivity contribution in [3.8, 4) is 11.5 Å². The van der Waals surface area contributed by atoms with Gasteiger partial charge in [0.05, 0.1) is 19.9 Å². The number of methoxy groups -OCH3 is 2. The highest BCUT2D eigenvalue weighted by atomic mass is 16.5. The van der Waals surface area contributed by atoms with E-state index < -0.39 is 0 Å². The average molecular weight is 287 g/mol. The second-order valence-electron chi connectivity index (χ2n) is 4.78. The summed E-state index contributed by atoms with van der Waals surface area (Å²) in [5, 5.41) is 3.40. The lowest BCUT2D eigenvalue weighted by atomic mass is 10.1. The number of hydrogen-bond acceptors (Lipinski definition) is 5. The van der Waals surface area contributed by atoms with Crippen molar-refractivity contribution in [2.24, 2.45) is 0 Å².